The lowest BCUT2D eigenvalue weighted by Gasteiger charge is -2.31. The van der Waals surface area contributed by atoms with E-state index in [2.05, 4.69) is 277 Å². The van der Waals surface area contributed by atoms with Crippen LogP contribution in [0.4, 0.5) is 0 Å². The topological polar surface area (TPSA) is 137 Å². The quantitative estimate of drug-likeness (QED) is 0.0953. The summed E-state index contributed by atoms with van der Waals surface area (Å²) in [5, 5.41) is 16.6. The summed E-state index contributed by atoms with van der Waals surface area (Å²) in [7, 11) is 6.66. The highest BCUT2D eigenvalue weighted by Crippen LogP contribution is 2.29. The van der Waals surface area contributed by atoms with E-state index in [9.17, 15) is 0 Å². The molecule has 15 heteroatoms. The van der Waals surface area contributed by atoms with Gasteiger partial charge in [-0.15, -0.1) is 11.3 Å². The fourth-order valence-electron chi connectivity index (χ4n) is 16.4. The monoisotopic (exact) mass is 1740 g/mol. The van der Waals surface area contributed by atoms with E-state index >= 15 is 0 Å². The SMILES string of the molecule is CC(C)C1CCCN(C)C1.CC(C)C1CCCNC1.CC(C)C1CCCOC1.CC(C)C1CCN(C)C1.CC(C)C1CCN(C)CC1.CC(C)C1CCNC1.CC(C)C1CCNCC1.CC(C)C1CCOC1.CC(C)C1CCOCC1.CC(C)C1CNC1.CC(C)c1ccccn1.CC(C)c1cccnc1.CC(C)c1ccncc1.CC(C)c1nccs1. The first-order chi connectivity index (χ1) is 58.4. The van der Waals surface area contributed by atoms with Gasteiger partial charge in [0.2, 0.25) is 0 Å². The van der Waals surface area contributed by atoms with Crippen molar-refractivity contribution in [1.82, 2.24) is 55.9 Å². The third-order valence-electron chi connectivity index (χ3n) is 27.3. The predicted molar refractivity (Wildman–Crippen MR) is 540 cm³/mol. The van der Waals surface area contributed by atoms with Gasteiger partial charge in [0.05, 0.1) is 5.01 Å². The molecule has 6 unspecified atom stereocenters. The van der Waals surface area contributed by atoms with Crippen molar-refractivity contribution in [2.75, 3.05) is 152 Å². The van der Waals surface area contributed by atoms with Gasteiger partial charge in [-0.05, 0) is 374 Å². The summed E-state index contributed by atoms with van der Waals surface area (Å²) in [5.41, 5.74) is 3.82. The Labute approximate surface area is 768 Å². The van der Waals surface area contributed by atoms with Crippen LogP contribution in [0.25, 0.3) is 0 Å². The van der Waals surface area contributed by atoms with Crippen LogP contribution >= 0.6 is 11.3 Å². The van der Waals surface area contributed by atoms with Crippen LogP contribution < -0.4 is 21.3 Å². The van der Waals surface area contributed by atoms with E-state index < -0.39 is 0 Å². The molecule has 0 spiro atoms. The second kappa shape index (κ2) is 72.4. The molecule has 14 heterocycles. The molecule has 0 amide bonds. The summed E-state index contributed by atoms with van der Waals surface area (Å²) in [6.45, 7) is 87.2. The summed E-state index contributed by atoms with van der Waals surface area (Å²) < 4.78 is 15.8. The van der Waals surface area contributed by atoms with E-state index in [-0.39, 0.29) is 0 Å². The van der Waals surface area contributed by atoms with Crippen LogP contribution in [-0.2, 0) is 14.2 Å². The predicted octanol–water partition coefficient (Wildman–Crippen LogP) is 25.7. The van der Waals surface area contributed by atoms with Gasteiger partial charge >= 0.3 is 0 Å². The molecule has 10 saturated heterocycles. The highest BCUT2D eigenvalue weighted by molar-refractivity contribution is 7.09. The molecular weight excluding hydrogens is 1530 g/mol. The van der Waals surface area contributed by atoms with E-state index in [0.29, 0.717) is 23.7 Å². The zero-order chi connectivity index (χ0) is 92.0. The minimum absolute atomic E-state index is 0.547. The number of hydrogen-bond donors (Lipinski definition) is 4. The summed E-state index contributed by atoms with van der Waals surface area (Å²) in [6.07, 6.45) is 31.6. The maximum atomic E-state index is 5.34. The van der Waals surface area contributed by atoms with Gasteiger partial charge in [-0.3, -0.25) is 15.0 Å². The summed E-state index contributed by atoms with van der Waals surface area (Å²) in [6, 6.07) is 14.2. The van der Waals surface area contributed by atoms with E-state index in [4.69, 9.17) is 14.2 Å². The number of piperidine rings is 4. The molecule has 0 aliphatic carbocycles. The van der Waals surface area contributed by atoms with E-state index in [0.717, 1.165) is 164 Å². The summed E-state index contributed by atoms with van der Waals surface area (Å²) in [5.74, 6) is 20.4. The van der Waals surface area contributed by atoms with Gasteiger partial charge in [-0.2, -0.15) is 0 Å². The Hall–Kier alpha value is -3.32. The second-order valence-corrected chi connectivity index (χ2v) is 43.2. The zero-order valence-corrected chi connectivity index (χ0v) is 87.3. The van der Waals surface area contributed by atoms with Crippen molar-refractivity contribution in [3.8, 4) is 0 Å². The van der Waals surface area contributed by atoms with Crippen molar-refractivity contribution in [2.24, 2.45) is 118 Å². The Morgan fingerprint density at radius 1 is 0.309 bits per heavy atom. The Balaban J connectivity index is 0.000000663. The third kappa shape index (κ3) is 59.6. The van der Waals surface area contributed by atoms with E-state index in [1.165, 1.54) is 204 Å². The normalized spacial score (nSPS) is 22.2. The van der Waals surface area contributed by atoms with Crippen molar-refractivity contribution in [1.29, 1.82) is 0 Å². The smallest absolute Gasteiger partial charge is 0.0950 e. The Morgan fingerprint density at radius 3 is 1.04 bits per heavy atom. The average molecular weight is 1740 g/mol. The molecule has 0 saturated carbocycles. The van der Waals surface area contributed by atoms with Gasteiger partial charge in [0, 0.05) is 107 Å². The van der Waals surface area contributed by atoms with Crippen LogP contribution in [0.15, 0.2) is 85.0 Å². The number of pyridine rings is 3. The van der Waals surface area contributed by atoms with Crippen LogP contribution in [0.5, 0.6) is 0 Å². The zero-order valence-electron chi connectivity index (χ0n) is 86.5. The van der Waals surface area contributed by atoms with Gasteiger partial charge in [-0.25, -0.2) is 4.98 Å². The molecular formula is C108H205N11O3S. The lowest BCUT2D eigenvalue weighted by Crippen LogP contribution is -2.44. The largest absolute Gasteiger partial charge is 0.381 e. The van der Waals surface area contributed by atoms with Crippen LogP contribution in [0.2, 0.25) is 0 Å². The second-order valence-electron chi connectivity index (χ2n) is 42.3. The van der Waals surface area contributed by atoms with Crippen LogP contribution in [0.1, 0.15) is 336 Å². The molecule has 6 atom stereocenters. The van der Waals surface area contributed by atoms with Crippen molar-refractivity contribution in [3.05, 3.63) is 107 Å². The van der Waals surface area contributed by atoms with Crippen LogP contribution in [-0.4, -0.2) is 187 Å². The molecule has 4 aromatic rings. The van der Waals surface area contributed by atoms with Crippen LogP contribution in [0, 0.1) is 118 Å². The molecule has 0 radical (unpaired) electrons. The first kappa shape index (κ1) is 118. The van der Waals surface area contributed by atoms with Crippen molar-refractivity contribution < 1.29 is 14.2 Å². The number of ether oxygens (including phenoxy) is 3. The maximum absolute atomic E-state index is 5.34. The minimum atomic E-state index is 0.547. The molecule has 10 fully saturated rings. The van der Waals surface area contributed by atoms with Crippen molar-refractivity contribution in [2.45, 2.75) is 314 Å². The van der Waals surface area contributed by atoms with Gasteiger partial charge in [0.1, 0.15) is 0 Å². The Bertz CT molecular complexity index is 2640. The highest BCUT2D eigenvalue weighted by Gasteiger charge is 2.25. The number of hydrogen-bond acceptors (Lipinski definition) is 15. The molecule has 123 heavy (non-hydrogen) atoms. The fraction of sp³-hybridized carbons (Fsp3) is 0.833. The minimum Gasteiger partial charge on any atom is -0.381 e. The molecule has 10 aliphatic rings. The number of thiazole rings is 1. The molecule has 4 aromatic heterocycles. The van der Waals surface area contributed by atoms with Crippen molar-refractivity contribution >= 4 is 11.3 Å². The average Bonchev–Trinajstić information content (AvgIpc) is 1.89. The number of rotatable bonds is 14. The third-order valence-corrected chi connectivity index (χ3v) is 28.4. The van der Waals surface area contributed by atoms with Crippen LogP contribution in [0.3, 0.4) is 0 Å². The number of nitrogens with zero attached hydrogens (tertiary/aromatic N) is 7. The van der Waals surface area contributed by atoms with Crippen molar-refractivity contribution in [3.63, 3.8) is 0 Å². The highest BCUT2D eigenvalue weighted by atomic mass is 32.1. The molecule has 10 aliphatic heterocycles. The molecule has 0 bridgehead atoms. The summed E-state index contributed by atoms with van der Waals surface area (Å²) >= 11 is 1.72. The Morgan fingerprint density at radius 2 is 0.740 bits per heavy atom. The maximum Gasteiger partial charge on any atom is 0.0950 e. The Kier molecular flexibility index (Phi) is 69.3. The van der Waals surface area contributed by atoms with Gasteiger partial charge in [0.15, 0.2) is 0 Å². The summed E-state index contributed by atoms with van der Waals surface area (Å²) in [4.78, 5) is 23.5. The molecule has 716 valence electrons. The molecule has 4 N–H and O–H groups in total. The van der Waals surface area contributed by atoms with Gasteiger partial charge in [0.25, 0.3) is 0 Å². The number of aromatic nitrogens is 4. The van der Waals surface area contributed by atoms with Gasteiger partial charge in [-0.1, -0.05) is 206 Å². The first-order valence-electron chi connectivity index (χ1n) is 50.7. The number of nitrogens with one attached hydrogen (secondary N) is 4. The first-order valence-corrected chi connectivity index (χ1v) is 51.5. The van der Waals surface area contributed by atoms with E-state index in [1.807, 2.05) is 72.8 Å². The van der Waals surface area contributed by atoms with E-state index in [1.54, 1.807) is 17.5 Å². The lowest BCUT2D eigenvalue weighted by atomic mass is 9.87. The lowest BCUT2D eigenvalue weighted by molar-refractivity contribution is 0.0373. The molecule has 14 rings (SSSR count). The molecule has 14 nitrogen and oxygen atoms in total. The van der Waals surface area contributed by atoms with Gasteiger partial charge < -0.3 is 50.2 Å². The standard InChI is InChI=1S/2C9H19N.2C8H17N.C8H11N.C8H17N.2C8H11N.2C8H16O.C7H15N.C7H14O.C6H9NS.C6H13N/c1-8(2)9-4-6-10(3)7-5-9;1-8(2)9-5-4-6-10(3)7-9;1-7(2)8-4-5-9(3)6-8;2*1-7(2)8-3-5-9-6-4-8;2*1-7(2)8-4-3-5-9-6-8;1-7(2)8-5-3-4-6-9-8;1-7(2)8-3-5-9-6-4-8;1-7(2)8-4-3-5-9-6-8;2*1-6(2)7-3-4-8-5-7;1-5(2)6-7-3-4-8-6;1-5(2)6-3-7-4-6/h2*8-9H,4-7H2,1-3H3;7-8H,4-6H2,1-3H3;7-9H,3-6H2,1-2H3;3-7H,1-2H3;7-9H,3-6H2,1-2H3;2*3-7H,1-2H3;2*7-8H,3-6H2,1-2H3;6-8H,3-5H2,1-2H3;6-7H,3-5H2,1-2H3;3-5H,1-2H3;5-7H,3-4H2,1-2H3. The molecule has 0 aromatic carbocycles. The number of likely N-dealkylation sites (tertiary alicyclic amines) is 3. The fourth-order valence-corrected chi connectivity index (χ4v) is 17.1.